The highest BCUT2D eigenvalue weighted by molar-refractivity contribution is 5.99. The summed E-state index contributed by atoms with van der Waals surface area (Å²) in [4.78, 5) is 12.9. The highest BCUT2D eigenvalue weighted by Gasteiger charge is 2.69. The second-order valence-electron chi connectivity index (χ2n) is 8.20. The van der Waals surface area contributed by atoms with Crippen molar-refractivity contribution in [3.63, 3.8) is 0 Å². The van der Waals surface area contributed by atoms with E-state index in [0.717, 1.165) is 18.4 Å². The van der Waals surface area contributed by atoms with Crippen molar-refractivity contribution in [3.8, 4) is 0 Å². The number of benzene rings is 1. The van der Waals surface area contributed by atoms with Gasteiger partial charge in [0, 0.05) is 5.92 Å². The smallest absolute Gasteiger partial charge is 0.190 e. The molecule has 3 aliphatic heterocycles. The van der Waals surface area contributed by atoms with E-state index in [0.29, 0.717) is 6.61 Å². The summed E-state index contributed by atoms with van der Waals surface area (Å²) in [6.07, 6.45) is 4.26. The predicted octanol–water partition coefficient (Wildman–Crippen LogP) is 2.78. The van der Waals surface area contributed by atoms with Crippen LogP contribution < -0.4 is 0 Å². The molecule has 0 unspecified atom stereocenters. The van der Waals surface area contributed by atoms with E-state index >= 15 is 0 Å². The van der Waals surface area contributed by atoms with Gasteiger partial charge in [-0.2, -0.15) is 0 Å². The van der Waals surface area contributed by atoms with Crippen LogP contribution in [0.25, 0.3) is 0 Å². The monoisotopic (exact) mass is 356 g/mol. The van der Waals surface area contributed by atoms with Crippen LogP contribution in [0.2, 0.25) is 0 Å². The van der Waals surface area contributed by atoms with Gasteiger partial charge in [-0.15, -0.1) is 0 Å². The van der Waals surface area contributed by atoms with Gasteiger partial charge >= 0.3 is 0 Å². The first-order chi connectivity index (χ1) is 12.5. The number of carbonyl (C=O) groups is 1. The average molecular weight is 356 g/mol. The highest BCUT2D eigenvalue weighted by atomic mass is 16.8. The van der Waals surface area contributed by atoms with Gasteiger partial charge in [-0.05, 0) is 38.3 Å². The van der Waals surface area contributed by atoms with Gasteiger partial charge in [0.15, 0.2) is 17.2 Å². The molecule has 1 aromatic carbocycles. The number of hydrogen-bond acceptors (Lipinski definition) is 5. The first-order valence-corrected chi connectivity index (χ1v) is 9.39. The van der Waals surface area contributed by atoms with Gasteiger partial charge in [-0.3, -0.25) is 4.79 Å². The fourth-order valence-electron chi connectivity index (χ4n) is 5.01. The van der Waals surface area contributed by atoms with Gasteiger partial charge in [0.25, 0.3) is 0 Å². The predicted molar refractivity (Wildman–Crippen MR) is 93.3 cm³/mol. The second-order valence-corrected chi connectivity index (χ2v) is 8.20. The molecule has 1 spiro atoms. The van der Waals surface area contributed by atoms with E-state index in [9.17, 15) is 4.79 Å². The molecule has 5 heteroatoms. The number of carbonyl (C=O) groups excluding carboxylic acids is 1. The van der Waals surface area contributed by atoms with Crippen LogP contribution in [0.15, 0.2) is 42.5 Å². The first-order valence-electron chi connectivity index (χ1n) is 9.39. The van der Waals surface area contributed by atoms with Crippen molar-refractivity contribution in [1.29, 1.82) is 0 Å². The van der Waals surface area contributed by atoms with Gasteiger partial charge < -0.3 is 18.9 Å². The standard InChI is InChI=1S/C21H24O5/c1-20(2)25-18-16(23-12-13-6-4-3-5-7-13)11-14-10-15-8-9-17(22)21(14,24-15)19(18)26-20/h3-9,14-16,18-19H,10-12H2,1-2H3/t14-,15+,16+,18+,19+,21+/m0/s1. The summed E-state index contributed by atoms with van der Waals surface area (Å²) in [5.74, 6) is -0.653. The molecule has 3 fully saturated rings. The lowest BCUT2D eigenvalue weighted by Gasteiger charge is -2.46. The van der Waals surface area contributed by atoms with Crippen molar-refractivity contribution in [3.05, 3.63) is 48.0 Å². The zero-order chi connectivity index (χ0) is 17.9. The van der Waals surface area contributed by atoms with Crippen LogP contribution in [-0.4, -0.2) is 41.6 Å². The van der Waals surface area contributed by atoms with Crippen LogP contribution in [0.3, 0.4) is 0 Å². The zero-order valence-electron chi connectivity index (χ0n) is 15.1. The lowest BCUT2D eigenvalue weighted by atomic mass is 9.69. The van der Waals surface area contributed by atoms with E-state index in [2.05, 4.69) is 12.1 Å². The summed E-state index contributed by atoms with van der Waals surface area (Å²) < 4.78 is 24.9. The number of rotatable bonds is 3. The molecule has 1 saturated carbocycles. The molecule has 0 N–H and O–H groups in total. The van der Waals surface area contributed by atoms with E-state index in [-0.39, 0.29) is 30.0 Å². The summed E-state index contributed by atoms with van der Waals surface area (Å²) in [5, 5.41) is 0. The molecule has 0 aromatic heterocycles. The third kappa shape index (κ3) is 2.42. The molecule has 1 aliphatic carbocycles. The quantitative estimate of drug-likeness (QED) is 0.834. The lowest BCUT2D eigenvalue weighted by molar-refractivity contribution is -0.194. The minimum atomic E-state index is -0.912. The molecule has 0 radical (unpaired) electrons. The van der Waals surface area contributed by atoms with Crippen LogP contribution in [0, 0.1) is 5.92 Å². The van der Waals surface area contributed by atoms with Crippen LogP contribution in [-0.2, 0) is 30.3 Å². The SMILES string of the molecule is CC1(C)O[C@H]2[C@@H](O1)[C@]13O[C@H](C=CC1=O)C[C@H]3C[C@H]2OCc1ccccc1. The molecule has 1 aromatic rings. The minimum absolute atomic E-state index is 0.00839. The van der Waals surface area contributed by atoms with Crippen LogP contribution in [0.4, 0.5) is 0 Å². The van der Waals surface area contributed by atoms with Crippen molar-refractivity contribution < 1.29 is 23.7 Å². The van der Waals surface area contributed by atoms with Gasteiger partial charge in [-0.25, -0.2) is 0 Å². The summed E-state index contributed by atoms with van der Waals surface area (Å²) >= 11 is 0. The van der Waals surface area contributed by atoms with E-state index in [1.54, 1.807) is 6.08 Å². The van der Waals surface area contributed by atoms with Crippen molar-refractivity contribution in [2.75, 3.05) is 0 Å². The maximum Gasteiger partial charge on any atom is 0.190 e. The van der Waals surface area contributed by atoms with Gasteiger partial charge in [0.05, 0.1) is 18.8 Å². The van der Waals surface area contributed by atoms with Crippen molar-refractivity contribution in [2.45, 2.75) is 69.1 Å². The Labute approximate surface area is 153 Å². The lowest BCUT2D eigenvalue weighted by Crippen LogP contribution is -2.64. The molecule has 5 nitrogen and oxygen atoms in total. The first kappa shape index (κ1) is 16.6. The van der Waals surface area contributed by atoms with E-state index in [4.69, 9.17) is 18.9 Å². The number of hydrogen-bond donors (Lipinski definition) is 0. The Kier molecular flexibility index (Phi) is 3.67. The van der Waals surface area contributed by atoms with Crippen molar-refractivity contribution in [2.24, 2.45) is 5.92 Å². The maximum absolute atomic E-state index is 12.9. The van der Waals surface area contributed by atoms with Crippen LogP contribution >= 0.6 is 0 Å². The Morgan fingerprint density at radius 1 is 1.12 bits per heavy atom. The molecule has 3 heterocycles. The van der Waals surface area contributed by atoms with Gasteiger partial charge in [0.2, 0.25) is 0 Å². The van der Waals surface area contributed by atoms with Crippen molar-refractivity contribution in [1.82, 2.24) is 0 Å². The highest BCUT2D eigenvalue weighted by Crippen LogP contribution is 2.54. The zero-order valence-corrected chi connectivity index (χ0v) is 15.1. The van der Waals surface area contributed by atoms with Crippen LogP contribution in [0.1, 0.15) is 32.3 Å². The second kappa shape index (κ2) is 5.73. The fraction of sp³-hybridized carbons (Fsp3) is 0.571. The Morgan fingerprint density at radius 3 is 2.73 bits per heavy atom. The molecule has 26 heavy (non-hydrogen) atoms. The number of ketones is 1. The molecular formula is C21H24O5. The Balaban J connectivity index is 1.44. The van der Waals surface area contributed by atoms with Gasteiger partial charge in [-0.1, -0.05) is 36.4 Å². The summed E-state index contributed by atoms with van der Waals surface area (Å²) in [6, 6.07) is 10.1. The Morgan fingerprint density at radius 2 is 1.92 bits per heavy atom. The molecule has 5 rings (SSSR count). The molecule has 2 bridgehead atoms. The fourth-order valence-corrected chi connectivity index (χ4v) is 5.01. The molecular weight excluding hydrogens is 332 g/mol. The third-order valence-corrected chi connectivity index (χ3v) is 6.06. The molecule has 6 atom stereocenters. The number of ether oxygens (including phenoxy) is 4. The topological polar surface area (TPSA) is 54.0 Å². The van der Waals surface area contributed by atoms with Crippen LogP contribution in [0.5, 0.6) is 0 Å². The normalized spacial score (nSPS) is 42.5. The van der Waals surface area contributed by atoms with Gasteiger partial charge in [0.1, 0.15) is 12.2 Å². The number of fused-ring (bicyclic) bond motifs is 2. The molecule has 138 valence electrons. The Bertz CT molecular complexity index is 742. The van der Waals surface area contributed by atoms with E-state index in [1.165, 1.54) is 0 Å². The van der Waals surface area contributed by atoms with Crippen molar-refractivity contribution >= 4 is 5.78 Å². The minimum Gasteiger partial charge on any atom is -0.371 e. The molecule has 2 saturated heterocycles. The third-order valence-electron chi connectivity index (χ3n) is 6.06. The van der Waals surface area contributed by atoms with E-state index < -0.39 is 17.5 Å². The summed E-state index contributed by atoms with van der Waals surface area (Å²) in [5.41, 5.74) is 0.214. The molecule has 0 amide bonds. The summed E-state index contributed by atoms with van der Waals surface area (Å²) in [7, 11) is 0. The average Bonchev–Trinajstić information content (AvgIpc) is 3.12. The maximum atomic E-state index is 12.9. The molecule has 4 aliphatic rings. The largest absolute Gasteiger partial charge is 0.371 e. The summed E-state index contributed by atoms with van der Waals surface area (Å²) in [6.45, 7) is 4.30. The van der Waals surface area contributed by atoms with E-state index in [1.807, 2.05) is 38.1 Å². The Hall–Kier alpha value is -1.53.